The molecule has 6 heteroatoms. The molecule has 1 aromatic heterocycles. The lowest BCUT2D eigenvalue weighted by Gasteiger charge is -2.06. The average molecular weight is 262 g/mol. The van der Waals surface area contributed by atoms with Crippen molar-refractivity contribution in [2.45, 2.75) is 13.2 Å². The summed E-state index contributed by atoms with van der Waals surface area (Å²) in [5, 5.41) is 8.93. The second-order valence-corrected chi connectivity index (χ2v) is 3.77. The molecule has 2 aromatic rings. The van der Waals surface area contributed by atoms with Crippen LogP contribution in [0.5, 0.6) is 0 Å². The van der Waals surface area contributed by atoms with Crippen LogP contribution in [0.25, 0.3) is 0 Å². The molecule has 0 atom stereocenters. The number of carboxylic acids is 1. The van der Waals surface area contributed by atoms with Crippen LogP contribution in [-0.4, -0.2) is 21.0 Å². The number of ether oxygens (including phenoxy) is 1. The summed E-state index contributed by atoms with van der Waals surface area (Å²) < 4.78 is 18.6. The number of carbonyl (C=O) groups is 1. The van der Waals surface area contributed by atoms with E-state index in [0.29, 0.717) is 5.56 Å². The highest BCUT2D eigenvalue weighted by atomic mass is 19.1. The first kappa shape index (κ1) is 13.1. The number of aromatic carboxylic acids is 1. The van der Waals surface area contributed by atoms with Crippen molar-refractivity contribution in [3.63, 3.8) is 0 Å². The van der Waals surface area contributed by atoms with Crippen LogP contribution in [0.2, 0.25) is 0 Å². The van der Waals surface area contributed by atoms with Crippen LogP contribution in [0, 0.1) is 5.82 Å². The molecule has 0 aliphatic rings. The summed E-state index contributed by atoms with van der Waals surface area (Å²) in [7, 11) is 0. The fraction of sp³-hybridized carbons (Fsp3) is 0.154. The van der Waals surface area contributed by atoms with Crippen molar-refractivity contribution in [2.75, 3.05) is 0 Å². The summed E-state index contributed by atoms with van der Waals surface area (Å²) in [6.45, 7) is 0.0359. The molecular weight excluding hydrogens is 251 g/mol. The van der Waals surface area contributed by atoms with Gasteiger partial charge in [-0.2, -0.15) is 0 Å². The minimum atomic E-state index is -1.12. The number of halogens is 1. The highest BCUT2D eigenvalue weighted by Crippen LogP contribution is 2.10. The summed E-state index contributed by atoms with van der Waals surface area (Å²) >= 11 is 0. The molecule has 0 radical (unpaired) electrons. The van der Waals surface area contributed by atoms with E-state index in [4.69, 9.17) is 9.84 Å². The van der Waals surface area contributed by atoms with Crippen molar-refractivity contribution in [1.29, 1.82) is 0 Å². The highest BCUT2D eigenvalue weighted by molar-refractivity contribution is 5.88. The number of nitrogens with zero attached hydrogens (tertiary/aromatic N) is 2. The molecule has 1 N–H and O–H groups in total. The number of rotatable bonds is 5. The van der Waals surface area contributed by atoms with E-state index in [0.717, 1.165) is 0 Å². The van der Waals surface area contributed by atoms with E-state index in [9.17, 15) is 9.18 Å². The van der Waals surface area contributed by atoms with Crippen LogP contribution in [0.1, 0.15) is 21.6 Å². The Morgan fingerprint density at radius 1 is 1.32 bits per heavy atom. The molecule has 5 nitrogen and oxygen atoms in total. The summed E-state index contributed by atoms with van der Waals surface area (Å²) in [5.74, 6) is -1.48. The van der Waals surface area contributed by atoms with Gasteiger partial charge in [-0.25, -0.2) is 19.2 Å². The van der Waals surface area contributed by atoms with Crippen LogP contribution in [0.15, 0.2) is 36.8 Å². The smallest absolute Gasteiger partial charge is 0.339 e. The number of aromatic nitrogens is 2. The van der Waals surface area contributed by atoms with Gasteiger partial charge in [0.15, 0.2) is 0 Å². The van der Waals surface area contributed by atoms with Gasteiger partial charge in [0.05, 0.1) is 18.9 Å². The molecule has 1 heterocycles. The Hall–Kier alpha value is -2.34. The van der Waals surface area contributed by atoms with Gasteiger partial charge in [-0.1, -0.05) is 18.2 Å². The van der Waals surface area contributed by atoms with Gasteiger partial charge in [-0.3, -0.25) is 0 Å². The van der Waals surface area contributed by atoms with E-state index >= 15 is 0 Å². The third kappa shape index (κ3) is 3.32. The number of carboxylic acid groups (broad SMARTS) is 1. The van der Waals surface area contributed by atoms with E-state index in [1.165, 1.54) is 18.6 Å². The molecule has 19 heavy (non-hydrogen) atoms. The van der Waals surface area contributed by atoms with E-state index in [1.807, 2.05) is 0 Å². The van der Waals surface area contributed by atoms with Gasteiger partial charge >= 0.3 is 5.97 Å². The second-order valence-electron chi connectivity index (χ2n) is 3.77. The molecule has 2 rings (SSSR count). The Kier molecular flexibility index (Phi) is 4.15. The Bertz CT molecular complexity index is 590. The van der Waals surface area contributed by atoms with Gasteiger partial charge in [-0.15, -0.1) is 0 Å². The van der Waals surface area contributed by atoms with Crippen molar-refractivity contribution in [3.05, 3.63) is 59.4 Å². The molecule has 0 aliphatic carbocycles. The highest BCUT2D eigenvalue weighted by Gasteiger charge is 2.11. The van der Waals surface area contributed by atoms with Crippen molar-refractivity contribution in [2.24, 2.45) is 0 Å². The van der Waals surface area contributed by atoms with E-state index in [-0.39, 0.29) is 30.3 Å². The molecular formula is C13H11FN2O3. The maximum absolute atomic E-state index is 13.3. The lowest BCUT2D eigenvalue weighted by molar-refractivity contribution is 0.0680. The van der Waals surface area contributed by atoms with Gasteiger partial charge in [0.25, 0.3) is 0 Å². The summed E-state index contributed by atoms with van der Waals surface area (Å²) in [6.07, 6.45) is 2.45. The third-order valence-electron chi connectivity index (χ3n) is 2.48. The van der Waals surface area contributed by atoms with E-state index in [1.54, 1.807) is 18.2 Å². The molecule has 0 saturated carbocycles. The Labute approximate surface area is 108 Å². The molecule has 0 fully saturated rings. The maximum atomic E-state index is 13.3. The van der Waals surface area contributed by atoms with Crippen molar-refractivity contribution in [3.8, 4) is 0 Å². The fourth-order valence-electron chi connectivity index (χ4n) is 1.52. The summed E-state index contributed by atoms with van der Waals surface area (Å²) in [6, 6.07) is 6.24. The maximum Gasteiger partial charge on any atom is 0.339 e. The van der Waals surface area contributed by atoms with Gasteiger partial charge in [-0.05, 0) is 6.07 Å². The number of hydrogen-bond donors (Lipinski definition) is 1. The lowest BCUT2D eigenvalue weighted by atomic mass is 10.2. The van der Waals surface area contributed by atoms with Crippen LogP contribution >= 0.6 is 0 Å². The summed E-state index contributed by atoms with van der Waals surface area (Å²) in [5.41, 5.74) is 0.656. The van der Waals surface area contributed by atoms with Crippen LogP contribution in [0.4, 0.5) is 4.39 Å². The zero-order valence-corrected chi connectivity index (χ0v) is 9.91. The van der Waals surface area contributed by atoms with Crippen molar-refractivity contribution >= 4 is 5.97 Å². The Morgan fingerprint density at radius 2 is 2.11 bits per heavy atom. The third-order valence-corrected chi connectivity index (χ3v) is 2.48. The predicted octanol–water partition coefficient (Wildman–Crippen LogP) is 2.03. The van der Waals surface area contributed by atoms with Crippen LogP contribution < -0.4 is 0 Å². The topological polar surface area (TPSA) is 72.3 Å². The first-order valence-corrected chi connectivity index (χ1v) is 5.52. The SMILES string of the molecule is O=C(O)c1cncnc1COCc1ccccc1F. The standard InChI is InChI=1S/C13H11FN2O3/c14-11-4-2-1-3-9(11)6-19-7-12-10(13(17)18)5-15-8-16-12/h1-5,8H,6-7H2,(H,17,18). The largest absolute Gasteiger partial charge is 0.478 e. The van der Waals surface area contributed by atoms with Gasteiger partial charge in [0.2, 0.25) is 0 Å². The second kappa shape index (κ2) is 6.01. The van der Waals surface area contributed by atoms with Gasteiger partial charge in [0, 0.05) is 11.8 Å². The molecule has 0 saturated heterocycles. The van der Waals surface area contributed by atoms with E-state index in [2.05, 4.69) is 9.97 Å². The lowest BCUT2D eigenvalue weighted by Crippen LogP contribution is -2.07. The van der Waals surface area contributed by atoms with Crippen molar-refractivity contribution < 1.29 is 19.0 Å². The number of hydrogen-bond acceptors (Lipinski definition) is 4. The zero-order valence-electron chi connectivity index (χ0n) is 9.91. The molecule has 0 spiro atoms. The quantitative estimate of drug-likeness (QED) is 0.892. The molecule has 0 bridgehead atoms. The van der Waals surface area contributed by atoms with E-state index < -0.39 is 5.97 Å². The van der Waals surface area contributed by atoms with Crippen molar-refractivity contribution in [1.82, 2.24) is 9.97 Å². The monoisotopic (exact) mass is 262 g/mol. The molecule has 0 unspecified atom stereocenters. The van der Waals surface area contributed by atoms with Gasteiger partial charge < -0.3 is 9.84 Å². The molecule has 0 aliphatic heterocycles. The minimum Gasteiger partial charge on any atom is -0.478 e. The fourth-order valence-corrected chi connectivity index (χ4v) is 1.52. The normalized spacial score (nSPS) is 10.4. The molecule has 0 amide bonds. The average Bonchev–Trinajstić information content (AvgIpc) is 2.41. The Balaban J connectivity index is 2.00. The Morgan fingerprint density at radius 3 is 2.84 bits per heavy atom. The minimum absolute atomic E-state index is 0.0154. The first-order valence-electron chi connectivity index (χ1n) is 5.52. The molecule has 98 valence electrons. The predicted molar refractivity (Wildman–Crippen MR) is 63.9 cm³/mol. The van der Waals surface area contributed by atoms with Crippen LogP contribution in [0.3, 0.4) is 0 Å². The summed E-state index contributed by atoms with van der Waals surface area (Å²) in [4.78, 5) is 18.4. The van der Waals surface area contributed by atoms with Crippen LogP contribution in [-0.2, 0) is 18.0 Å². The molecule has 1 aromatic carbocycles. The van der Waals surface area contributed by atoms with Gasteiger partial charge in [0.1, 0.15) is 17.7 Å². The first-order chi connectivity index (χ1) is 9.18. The number of benzene rings is 1. The zero-order chi connectivity index (χ0) is 13.7.